The van der Waals surface area contributed by atoms with Gasteiger partial charge < -0.3 is 19.5 Å². The number of nitrogens with zero attached hydrogens (tertiary/aromatic N) is 1. The van der Waals surface area contributed by atoms with Crippen LogP contribution >= 0.6 is 0 Å². The van der Waals surface area contributed by atoms with E-state index in [-0.39, 0.29) is 17.2 Å². The van der Waals surface area contributed by atoms with Crippen LogP contribution in [0.15, 0.2) is 54.6 Å². The molecule has 31 heavy (non-hydrogen) atoms. The number of ether oxygens (including phenoxy) is 2. The Morgan fingerprint density at radius 2 is 1.74 bits per heavy atom. The number of carbonyl (C=O) groups is 1. The first kappa shape index (κ1) is 22.7. The maximum absolute atomic E-state index is 13.1. The molecule has 0 spiro atoms. The lowest BCUT2D eigenvalue weighted by atomic mass is 10.1. The molecule has 0 saturated carbocycles. The van der Waals surface area contributed by atoms with Crippen molar-refractivity contribution in [1.82, 2.24) is 4.90 Å². The van der Waals surface area contributed by atoms with E-state index in [1.807, 2.05) is 36.4 Å². The van der Waals surface area contributed by atoms with Crippen LogP contribution in [-0.4, -0.2) is 36.1 Å². The van der Waals surface area contributed by atoms with Crippen molar-refractivity contribution in [2.75, 3.05) is 20.2 Å². The van der Waals surface area contributed by atoms with Gasteiger partial charge in [0.2, 0.25) is 0 Å². The molecular formula is C26H33NO4. The van der Waals surface area contributed by atoms with E-state index < -0.39 is 0 Å². The maximum atomic E-state index is 13.1. The van der Waals surface area contributed by atoms with Crippen LogP contribution in [0.1, 0.15) is 60.9 Å². The minimum absolute atomic E-state index is 0.123. The zero-order chi connectivity index (χ0) is 21.9. The van der Waals surface area contributed by atoms with Gasteiger partial charge in [0.25, 0.3) is 5.91 Å². The van der Waals surface area contributed by atoms with Gasteiger partial charge in [-0.15, -0.1) is 0 Å². The van der Waals surface area contributed by atoms with Gasteiger partial charge in [0.05, 0.1) is 6.61 Å². The molecule has 2 aromatic rings. The molecule has 0 radical (unpaired) electrons. The van der Waals surface area contributed by atoms with Gasteiger partial charge in [0, 0.05) is 25.7 Å². The fraction of sp³-hybridized carbons (Fsp3) is 0.423. The summed E-state index contributed by atoms with van der Waals surface area (Å²) in [5.41, 5.74) is 1.22. The van der Waals surface area contributed by atoms with E-state index >= 15 is 0 Å². The highest BCUT2D eigenvalue weighted by Gasteiger charge is 2.22. The Kier molecular flexibility index (Phi) is 8.83. The molecule has 1 aliphatic heterocycles. The number of likely N-dealkylation sites (N-methyl/N-ethyl adjacent to an activating group) is 1. The Morgan fingerprint density at radius 3 is 2.55 bits per heavy atom. The van der Waals surface area contributed by atoms with Crippen LogP contribution in [0.25, 0.3) is 0 Å². The molecule has 0 atom stereocenters. The molecule has 2 aromatic carbocycles. The summed E-state index contributed by atoms with van der Waals surface area (Å²) in [7, 11) is 1.73. The van der Waals surface area contributed by atoms with E-state index in [0.29, 0.717) is 31.3 Å². The highest BCUT2D eigenvalue weighted by atomic mass is 16.5. The third-order valence-corrected chi connectivity index (χ3v) is 5.43. The monoisotopic (exact) mass is 423 g/mol. The fourth-order valence-electron chi connectivity index (χ4n) is 3.61. The van der Waals surface area contributed by atoms with Crippen molar-refractivity contribution in [2.45, 2.75) is 51.6 Å². The maximum Gasteiger partial charge on any atom is 0.261 e. The number of rotatable bonds is 3. The molecule has 1 aliphatic rings. The van der Waals surface area contributed by atoms with Crippen molar-refractivity contribution >= 4 is 5.91 Å². The molecule has 0 bridgehead atoms. The second-order valence-electron chi connectivity index (χ2n) is 8.01. The molecule has 5 nitrogen and oxygen atoms in total. The van der Waals surface area contributed by atoms with Crippen molar-refractivity contribution in [3.05, 3.63) is 65.7 Å². The second kappa shape index (κ2) is 12.0. The summed E-state index contributed by atoms with van der Waals surface area (Å²) in [4.78, 5) is 14.6. The number of aromatic hydroxyl groups is 1. The lowest BCUT2D eigenvalue weighted by Crippen LogP contribution is -2.27. The Hall–Kier alpha value is -2.95. The van der Waals surface area contributed by atoms with Gasteiger partial charge in [-0.25, -0.2) is 0 Å². The van der Waals surface area contributed by atoms with E-state index in [4.69, 9.17) is 9.47 Å². The Bertz CT molecular complexity index is 863. The number of carbonyl (C=O) groups excluding carboxylic acids is 1. The van der Waals surface area contributed by atoms with E-state index in [2.05, 4.69) is 6.08 Å². The summed E-state index contributed by atoms with van der Waals surface area (Å²) < 4.78 is 11.8. The summed E-state index contributed by atoms with van der Waals surface area (Å²) in [6.07, 6.45) is 12.0. The SMILES string of the molecule is CN1C/C=C/CCCCCCCCOc2cc(OCc3ccccc3)cc(O)c2C1=O. The number of allylic oxidation sites excluding steroid dienone is 1. The van der Waals surface area contributed by atoms with Crippen LogP contribution in [-0.2, 0) is 6.61 Å². The predicted octanol–water partition coefficient (Wildman–Crippen LogP) is 5.72. The Morgan fingerprint density at radius 1 is 1.00 bits per heavy atom. The molecular weight excluding hydrogens is 390 g/mol. The van der Waals surface area contributed by atoms with Gasteiger partial charge >= 0.3 is 0 Å². The van der Waals surface area contributed by atoms with Crippen molar-refractivity contribution in [2.24, 2.45) is 0 Å². The van der Waals surface area contributed by atoms with Gasteiger partial charge in [-0.2, -0.15) is 0 Å². The molecule has 1 amide bonds. The fourth-order valence-corrected chi connectivity index (χ4v) is 3.61. The first-order valence-electron chi connectivity index (χ1n) is 11.2. The molecule has 5 heteroatoms. The molecule has 166 valence electrons. The molecule has 1 heterocycles. The lowest BCUT2D eigenvalue weighted by molar-refractivity contribution is 0.0802. The largest absolute Gasteiger partial charge is 0.507 e. The van der Waals surface area contributed by atoms with E-state index in [1.54, 1.807) is 18.0 Å². The van der Waals surface area contributed by atoms with Gasteiger partial charge in [-0.3, -0.25) is 4.79 Å². The quantitative estimate of drug-likeness (QED) is 0.641. The van der Waals surface area contributed by atoms with Gasteiger partial charge in [0.15, 0.2) is 0 Å². The van der Waals surface area contributed by atoms with Crippen LogP contribution in [0.3, 0.4) is 0 Å². The van der Waals surface area contributed by atoms with Crippen LogP contribution in [0.2, 0.25) is 0 Å². The molecule has 0 fully saturated rings. The summed E-state index contributed by atoms with van der Waals surface area (Å²) in [6, 6.07) is 13.0. The first-order chi connectivity index (χ1) is 15.1. The van der Waals surface area contributed by atoms with Crippen LogP contribution in [0, 0.1) is 0 Å². The lowest BCUT2D eigenvalue weighted by Gasteiger charge is -2.20. The van der Waals surface area contributed by atoms with Crippen LogP contribution < -0.4 is 9.47 Å². The topological polar surface area (TPSA) is 59.0 Å². The highest BCUT2D eigenvalue weighted by Crippen LogP contribution is 2.35. The molecule has 1 N–H and O–H groups in total. The van der Waals surface area contributed by atoms with Crippen LogP contribution in [0.4, 0.5) is 0 Å². The smallest absolute Gasteiger partial charge is 0.261 e. The third-order valence-electron chi connectivity index (χ3n) is 5.43. The van der Waals surface area contributed by atoms with Crippen LogP contribution in [0.5, 0.6) is 17.2 Å². The number of hydrogen-bond acceptors (Lipinski definition) is 4. The van der Waals surface area contributed by atoms with E-state index in [9.17, 15) is 9.90 Å². The predicted molar refractivity (Wildman–Crippen MR) is 123 cm³/mol. The normalized spacial score (nSPS) is 17.5. The third kappa shape index (κ3) is 7.06. The average molecular weight is 424 g/mol. The summed E-state index contributed by atoms with van der Waals surface area (Å²) in [5, 5.41) is 10.7. The minimum atomic E-state index is -0.265. The summed E-state index contributed by atoms with van der Waals surface area (Å²) in [5.74, 6) is 0.460. The molecule has 0 aromatic heterocycles. The zero-order valence-corrected chi connectivity index (χ0v) is 18.4. The average Bonchev–Trinajstić information content (AvgIpc) is 2.77. The zero-order valence-electron chi connectivity index (χ0n) is 18.4. The van der Waals surface area contributed by atoms with E-state index in [1.165, 1.54) is 31.7 Å². The van der Waals surface area contributed by atoms with Crippen molar-refractivity contribution in [1.29, 1.82) is 0 Å². The van der Waals surface area contributed by atoms with Gasteiger partial charge in [-0.05, 0) is 24.8 Å². The number of benzene rings is 2. The first-order valence-corrected chi connectivity index (χ1v) is 11.2. The second-order valence-corrected chi connectivity index (χ2v) is 8.01. The number of phenolic OH excluding ortho intramolecular Hbond substituents is 1. The number of amides is 1. The molecule has 3 rings (SSSR count). The van der Waals surface area contributed by atoms with Crippen molar-refractivity contribution in [3.8, 4) is 17.2 Å². The summed E-state index contributed by atoms with van der Waals surface area (Å²) in [6.45, 7) is 1.37. The van der Waals surface area contributed by atoms with Gasteiger partial charge in [0.1, 0.15) is 29.4 Å². The number of phenols is 1. The molecule has 0 aliphatic carbocycles. The molecule has 0 saturated heterocycles. The molecule has 0 unspecified atom stereocenters. The Balaban J connectivity index is 1.80. The van der Waals surface area contributed by atoms with Crippen molar-refractivity contribution in [3.63, 3.8) is 0 Å². The number of fused-ring (bicyclic) bond motifs is 1. The highest BCUT2D eigenvalue weighted by molar-refractivity contribution is 5.99. The Labute approximate surface area is 185 Å². The van der Waals surface area contributed by atoms with E-state index in [0.717, 1.165) is 24.8 Å². The number of hydrogen-bond donors (Lipinski definition) is 1. The standard InChI is InChI=1S/C26H33NO4/c1-27-16-12-7-5-3-2-4-6-8-13-17-30-24-19-22(18-23(28)25(24)26(27)29)31-20-21-14-10-9-11-15-21/h7,9-12,14-15,18-19,28H,2-6,8,13,16-17,20H2,1H3/b12-7+. The van der Waals surface area contributed by atoms with Crippen molar-refractivity contribution < 1.29 is 19.4 Å². The van der Waals surface area contributed by atoms with Gasteiger partial charge in [-0.1, -0.05) is 68.2 Å². The summed E-state index contributed by atoms with van der Waals surface area (Å²) >= 11 is 0. The minimum Gasteiger partial charge on any atom is -0.507 e.